The SMILES string of the molecule is CC1(C)[C@H](C(=O)Nc2ccccc2N)CC[C@@]1(C)C(=O)[O-]. The molecule has 21 heavy (non-hydrogen) atoms. The Kier molecular flexibility index (Phi) is 3.70. The molecule has 2 atom stereocenters. The average molecular weight is 289 g/mol. The Balaban J connectivity index is 2.22. The summed E-state index contributed by atoms with van der Waals surface area (Å²) in [5.41, 5.74) is 5.18. The molecule has 1 aromatic rings. The molecule has 1 amide bonds. The highest BCUT2D eigenvalue weighted by Gasteiger charge is 2.54. The van der Waals surface area contributed by atoms with Crippen LogP contribution in [0, 0.1) is 16.7 Å². The zero-order valence-electron chi connectivity index (χ0n) is 12.6. The summed E-state index contributed by atoms with van der Waals surface area (Å²) in [7, 11) is 0. The number of carbonyl (C=O) groups excluding carboxylic acids is 2. The predicted molar refractivity (Wildman–Crippen MR) is 79.1 cm³/mol. The van der Waals surface area contributed by atoms with Gasteiger partial charge in [-0.05, 0) is 30.4 Å². The molecule has 3 N–H and O–H groups in total. The minimum atomic E-state index is -1.10. The number of benzene rings is 1. The lowest BCUT2D eigenvalue weighted by Gasteiger charge is -2.41. The van der Waals surface area contributed by atoms with E-state index in [4.69, 9.17) is 5.73 Å². The summed E-state index contributed by atoms with van der Waals surface area (Å²) < 4.78 is 0. The number of amides is 1. The molecular weight excluding hydrogens is 268 g/mol. The minimum Gasteiger partial charge on any atom is -0.550 e. The van der Waals surface area contributed by atoms with Crippen molar-refractivity contribution in [1.29, 1.82) is 0 Å². The molecule has 0 aromatic heterocycles. The molecule has 0 radical (unpaired) electrons. The summed E-state index contributed by atoms with van der Waals surface area (Å²) in [4.78, 5) is 24.0. The average Bonchev–Trinajstić information content (AvgIpc) is 2.64. The Morgan fingerprint density at radius 3 is 2.43 bits per heavy atom. The summed E-state index contributed by atoms with van der Waals surface area (Å²) in [5, 5.41) is 14.3. The second kappa shape index (κ2) is 5.06. The third-order valence-electron chi connectivity index (χ3n) is 5.21. The van der Waals surface area contributed by atoms with E-state index >= 15 is 0 Å². The van der Waals surface area contributed by atoms with Gasteiger partial charge in [-0.1, -0.05) is 32.9 Å². The number of carboxylic acid groups (broad SMARTS) is 1. The molecule has 1 aliphatic rings. The van der Waals surface area contributed by atoms with Gasteiger partial charge in [0.05, 0.1) is 11.4 Å². The second-order valence-corrected chi connectivity index (χ2v) is 6.51. The fourth-order valence-electron chi connectivity index (χ4n) is 3.16. The van der Waals surface area contributed by atoms with Crippen molar-refractivity contribution in [2.75, 3.05) is 11.1 Å². The van der Waals surface area contributed by atoms with Crippen molar-refractivity contribution in [1.82, 2.24) is 0 Å². The first-order chi connectivity index (χ1) is 9.70. The molecule has 0 spiro atoms. The van der Waals surface area contributed by atoms with Crippen LogP contribution in [0.25, 0.3) is 0 Å². The molecule has 1 aromatic carbocycles. The van der Waals surface area contributed by atoms with E-state index in [1.165, 1.54) is 0 Å². The summed E-state index contributed by atoms with van der Waals surface area (Å²) in [5.74, 6) is -1.68. The number of hydrogen-bond donors (Lipinski definition) is 2. The van der Waals surface area contributed by atoms with Crippen molar-refractivity contribution in [3.8, 4) is 0 Å². The van der Waals surface area contributed by atoms with E-state index in [1.807, 2.05) is 13.8 Å². The number of nitrogens with one attached hydrogen (secondary N) is 1. The molecule has 0 unspecified atom stereocenters. The van der Waals surface area contributed by atoms with Crippen LogP contribution in [0.3, 0.4) is 0 Å². The van der Waals surface area contributed by atoms with E-state index in [-0.39, 0.29) is 11.8 Å². The van der Waals surface area contributed by atoms with Gasteiger partial charge in [0.1, 0.15) is 0 Å². The smallest absolute Gasteiger partial charge is 0.228 e. The van der Waals surface area contributed by atoms with Gasteiger partial charge in [-0.15, -0.1) is 0 Å². The van der Waals surface area contributed by atoms with Crippen molar-refractivity contribution in [2.24, 2.45) is 16.7 Å². The molecule has 0 heterocycles. The molecule has 1 aliphatic carbocycles. The van der Waals surface area contributed by atoms with Gasteiger partial charge in [-0.2, -0.15) is 0 Å². The standard InChI is InChI=1S/C16H22N2O3/c1-15(2)10(8-9-16(15,3)14(20)21)13(19)18-12-7-5-4-6-11(12)17/h4-7,10H,8-9,17H2,1-3H3,(H,18,19)(H,20,21)/p-1/t10-,16-/m0/s1. The predicted octanol–water partition coefficient (Wildman–Crippen LogP) is 1.40. The van der Waals surface area contributed by atoms with Crippen molar-refractivity contribution in [3.63, 3.8) is 0 Å². The van der Waals surface area contributed by atoms with Crippen LogP contribution in [0.5, 0.6) is 0 Å². The number of carbonyl (C=O) groups is 2. The van der Waals surface area contributed by atoms with Crippen LogP contribution in [0.15, 0.2) is 24.3 Å². The Labute approximate surface area is 124 Å². The first-order valence-corrected chi connectivity index (χ1v) is 7.07. The zero-order valence-corrected chi connectivity index (χ0v) is 12.6. The maximum Gasteiger partial charge on any atom is 0.228 e. The van der Waals surface area contributed by atoms with Crippen molar-refractivity contribution < 1.29 is 14.7 Å². The molecule has 2 rings (SSSR count). The second-order valence-electron chi connectivity index (χ2n) is 6.51. The Bertz CT molecular complexity index is 583. The maximum atomic E-state index is 12.5. The third kappa shape index (κ3) is 2.37. The van der Waals surface area contributed by atoms with Gasteiger partial charge in [-0.25, -0.2) is 0 Å². The summed E-state index contributed by atoms with van der Waals surface area (Å²) in [6.07, 6.45) is 0.959. The number of anilines is 2. The van der Waals surface area contributed by atoms with Gasteiger partial charge in [0, 0.05) is 17.3 Å². The fraction of sp³-hybridized carbons (Fsp3) is 0.500. The van der Waals surface area contributed by atoms with Crippen LogP contribution in [-0.4, -0.2) is 11.9 Å². The van der Waals surface area contributed by atoms with E-state index in [9.17, 15) is 14.7 Å². The van der Waals surface area contributed by atoms with E-state index in [0.29, 0.717) is 24.2 Å². The number of carboxylic acids is 1. The van der Waals surface area contributed by atoms with Gasteiger partial charge in [0.15, 0.2) is 0 Å². The van der Waals surface area contributed by atoms with Crippen molar-refractivity contribution >= 4 is 23.3 Å². The number of aliphatic carboxylic acids is 1. The van der Waals surface area contributed by atoms with Crippen LogP contribution in [0.4, 0.5) is 11.4 Å². The lowest BCUT2D eigenvalue weighted by atomic mass is 9.65. The largest absolute Gasteiger partial charge is 0.550 e. The fourth-order valence-corrected chi connectivity index (χ4v) is 3.16. The highest BCUT2D eigenvalue weighted by atomic mass is 16.4. The van der Waals surface area contributed by atoms with Crippen LogP contribution < -0.4 is 16.2 Å². The topological polar surface area (TPSA) is 95.2 Å². The van der Waals surface area contributed by atoms with E-state index in [2.05, 4.69) is 5.32 Å². The Hall–Kier alpha value is -2.04. The van der Waals surface area contributed by atoms with Gasteiger partial charge in [0.2, 0.25) is 5.91 Å². The molecule has 5 nitrogen and oxygen atoms in total. The highest BCUT2D eigenvalue weighted by molar-refractivity contribution is 5.96. The van der Waals surface area contributed by atoms with Crippen LogP contribution in [-0.2, 0) is 9.59 Å². The molecule has 0 bridgehead atoms. The summed E-state index contributed by atoms with van der Waals surface area (Å²) in [6, 6.07) is 7.02. The van der Waals surface area contributed by atoms with Crippen molar-refractivity contribution in [3.05, 3.63) is 24.3 Å². The quantitative estimate of drug-likeness (QED) is 0.822. The normalized spacial score (nSPS) is 27.3. The first-order valence-electron chi connectivity index (χ1n) is 7.07. The lowest BCUT2D eigenvalue weighted by Crippen LogP contribution is -2.49. The number of para-hydroxylation sites is 2. The molecular formula is C16H21N2O3-. The summed E-state index contributed by atoms with van der Waals surface area (Å²) >= 11 is 0. The van der Waals surface area contributed by atoms with Gasteiger partial charge in [-0.3, -0.25) is 4.79 Å². The van der Waals surface area contributed by atoms with Gasteiger partial charge in [0.25, 0.3) is 0 Å². The number of nitrogens with two attached hydrogens (primary N) is 1. The van der Waals surface area contributed by atoms with Crippen LogP contribution in [0.1, 0.15) is 33.6 Å². The van der Waals surface area contributed by atoms with E-state index < -0.39 is 16.8 Å². The number of rotatable bonds is 3. The van der Waals surface area contributed by atoms with Crippen LogP contribution >= 0.6 is 0 Å². The van der Waals surface area contributed by atoms with Crippen molar-refractivity contribution in [2.45, 2.75) is 33.6 Å². The molecule has 5 heteroatoms. The molecule has 0 aliphatic heterocycles. The molecule has 0 saturated heterocycles. The third-order valence-corrected chi connectivity index (χ3v) is 5.21. The number of nitrogen functional groups attached to an aromatic ring is 1. The van der Waals surface area contributed by atoms with Gasteiger partial charge < -0.3 is 21.0 Å². The molecule has 1 saturated carbocycles. The zero-order chi connectivity index (χ0) is 15.8. The lowest BCUT2D eigenvalue weighted by molar-refractivity contribution is -0.323. The molecule has 114 valence electrons. The van der Waals surface area contributed by atoms with E-state index in [0.717, 1.165) is 0 Å². The maximum absolute atomic E-state index is 12.5. The first kappa shape index (κ1) is 15.4. The molecule has 1 fully saturated rings. The Morgan fingerprint density at radius 1 is 1.29 bits per heavy atom. The Morgan fingerprint density at radius 2 is 1.90 bits per heavy atom. The van der Waals surface area contributed by atoms with E-state index in [1.54, 1.807) is 31.2 Å². The number of hydrogen-bond acceptors (Lipinski definition) is 4. The summed E-state index contributed by atoms with van der Waals surface area (Å²) in [6.45, 7) is 5.29. The van der Waals surface area contributed by atoms with Gasteiger partial charge >= 0.3 is 0 Å². The minimum absolute atomic E-state index is 0.192. The highest BCUT2D eigenvalue weighted by Crippen LogP contribution is 2.55. The monoisotopic (exact) mass is 289 g/mol. The van der Waals surface area contributed by atoms with Crippen LogP contribution in [0.2, 0.25) is 0 Å².